The van der Waals surface area contributed by atoms with E-state index in [-0.39, 0.29) is 12.1 Å². The van der Waals surface area contributed by atoms with Crippen molar-refractivity contribution in [2.24, 2.45) is 0 Å². The van der Waals surface area contributed by atoms with Crippen molar-refractivity contribution < 1.29 is 14.3 Å². The van der Waals surface area contributed by atoms with Crippen molar-refractivity contribution in [2.75, 3.05) is 14.2 Å². The maximum Gasteiger partial charge on any atom is 0.315 e. The molecule has 0 aliphatic heterocycles. The molecule has 2 N–H and O–H groups in total. The van der Waals surface area contributed by atoms with Gasteiger partial charge < -0.3 is 20.1 Å². The number of rotatable bonds is 7. The normalized spacial score (nSPS) is 11.5. The third-order valence-corrected chi connectivity index (χ3v) is 4.36. The van der Waals surface area contributed by atoms with Crippen LogP contribution in [0.25, 0.3) is 5.69 Å². The van der Waals surface area contributed by atoms with Crippen molar-refractivity contribution in [3.63, 3.8) is 0 Å². The number of amides is 2. The van der Waals surface area contributed by atoms with E-state index in [1.807, 2.05) is 61.7 Å². The van der Waals surface area contributed by atoms with Crippen molar-refractivity contribution in [3.05, 3.63) is 72.1 Å². The highest BCUT2D eigenvalue weighted by Gasteiger charge is 2.15. The fourth-order valence-electron chi connectivity index (χ4n) is 2.86. The fourth-order valence-corrected chi connectivity index (χ4v) is 2.86. The number of hydrogen-bond donors (Lipinski definition) is 2. The zero-order valence-corrected chi connectivity index (χ0v) is 16.2. The van der Waals surface area contributed by atoms with Crippen molar-refractivity contribution in [1.29, 1.82) is 0 Å². The fraction of sp³-hybridized carbons (Fsp3) is 0.238. The van der Waals surface area contributed by atoms with Gasteiger partial charge in [-0.15, -0.1) is 0 Å². The van der Waals surface area contributed by atoms with Gasteiger partial charge in [-0.25, -0.2) is 9.48 Å². The predicted molar refractivity (Wildman–Crippen MR) is 107 cm³/mol. The van der Waals surface area contributed by atoms with E-state index in [0.29, 0.717) is 18.0 Å². The first kappa shape index (κ1) is 19.3. The van der Waals surface area contributed by atoms with Gasteiger partial charge in [-0.3, -0.25) is 0 Å². The van der Waals surface area contributed by atoms with Crippen LogP contribution in [0.4, 0.5) is 4.79 Å². The minimum absolute atomic E-state index is 0.253. The number of carbonyl (C=O) groups is 1. The molecule has 146 valence electrons. The molecule has 0 saturated carbocycles. The Kier molecular flexibility index (Phi) is 6.16. The summed E-state index contributed by atoms with van der Waals surface area (Å²) in [6, 6.07) is 14.8. The smallest absolute Gasteiger partial charge is 0.315 e. The van der Waals surface area contributed by atoms with Gasteiger partial charge in [-0.2, -0.15) is 5.10 Å². The summed E-state index contributed by atoms with van der Waals surface area (Å²) < 4.78 is 12.4. The molecule has 3 aromatic rings. The molecule has 2 amide bonds. The first-order valence-corrected chi connectivity index (χ1v) is 8.96. The first-order valence-electron chi connectivity index (χ1n) is 8.96. The van der Waals surface area contributed by atoms with Gasteiger partial charge in [-0.1, -0.05) is 18.2 Å². The van der Waals surface area contributed by atoms with Crippen LogP contribution in [0.5, 0.6) is 11.5 Å². The Balaban J connectivity index is 1.58. The summed E-state index contributed by atoms with van der Waals surface area (Å²) in [5.74, 6) is 1.40. The van der Waals surface area contributed by atoms with E-state index in [1.54, 1.807) is 25.1 Å². The number of para-hydroxylation sites is 1. The topological polar surface area (TPSA) is 77.4 Å². The van der Waals surface area contributed by atoms with Gasteiger partial charge in [-0.05, 0) is 37.3 Å². The van der Waals surface area contributed by atoms with E-state index in [2.05, 4.69) is 15.7 Å². The maximum atomic E-state index is 12.3. The van der Waals surface area contributed by atoms with E-state index >= 15 is 0 Å². The van der Waals surface area contributed by atoms with E-state index < -0.39 is 0 Å². The van der Waals surface area contributed by atoms with Gasteiger partial charge in [0.1, 0.15) is 11.5 Å². The first-order chi connectivity index (χ1) is 13.6. The molecule has 0 bridgehead atoms. The van der Waals surface area contributed by atoms with Gasteiger partial charge in [0.15, 0.2) is 0 Å². The summed E-state index contributed by atoms with van der Waals surface area (Å²) in [5, 5.41) is 10.1. The Labute approximate surface area is 164 Å². The maximum absolute atomic E-state index is 12.3. The van der Waals surface area contributed by atoms with Crippen molar-refractivity contribution in [1.82, 2.24) is 20.4 Å². The Hall–Kier alpha value is -3.48. The van der Waals surface area contributed by atoms with E-state index in [1.165, 1.54) is 0 Å². The van der Waals surface area contributed by atoms with E-state index in [4.69, 9.17) is 9.47 Å². The Morgan fingerprint density at radius 2 is 1.93 bits per heavy atom. The molecule has 3 rings (SSSR count). The van der Waals surface area contributed by atoms with Gasteiger partial charge in [0, 0.05) is 23.9 Å². The number of carbonyl (C=O) groups excluding carboxylic acids is 1. The minimum Gasteiger partial charge on any atom is -0.497 e. The molecular weight excluding hydrogens is 356 g/mol. The lowest BCUT2D eigenvalue weighted by Crippen LogP contribution is -2.36. The molecule has 1 unspecified atom stereocenters. The third kappa shape index (κ3) is 4.62. The molecule has 7 nitrogen and oxygen atoms in total. The Morgan fingerprint density at radius 1 is 1.14 bits per heavy atom. The second kappa shape index (κ2) is 8.94. The van der Waals surface area contributed by atoms with Crippen molar-refractivity contribution >= 4 is 6.03 Å². The zero-order valence-electron chi connectivity index (χ0n) is 16.2. The van der Waals surface area contributed by atoms with Crippen LogP contribution in [-0.4, -0.2) is 30.0 Å². The molecule has 0 radical (unpaired) electrons. The number of nitrogens with one attached hydrogen (secondary N) is 2. The molecule has 2 aromatic carbocycles. The van der Waals surface area contributed by atoms with E-state index in [0.717, 1.165) is 16.8 Å². The van der Waals surface area contributed by atoms with Gasteiger partial charge in [0.2, 0.25) is 0 Å². The number of ether oxygens (including phenoxy) is 2. The Bertz CT molecular complexity index is 924. The molecule has 0 aliphatic carbocycles. The summed E-state index contributed by atoms with van der Waals surface area (Å²) in [5.41, 5.74) is 2.72. The summed E-state index contributed by atoms with van der Waals surface area (Å²) in [7, 11) is 3.20. The number of nitrogens with zero attached hydrogens (tertiary/aromatic N) is 2. The van der Waals surface area contributed by atoms with Crippen LogP contribution < -0.4 is 20.1 Å². The van der Waals surface area contributed by atoms with Gasteiger partial charge in [0.05, 0.1) is 32.1 Å². The molecule has 1 atom stereocenters. The molecule has 28 heavy (non-hydrogen) atoms. The molecule has 1 aromatic heterocycles. The highest BCUT2D eigenvalue weighted by molar-refractivity contribution is 5.74. The number of hydrogen-bond acceptors (Lipinski definition) is 4. The molecular formula is C21H24N4O3. The SMILES string of the molecule is COc1ccc(OC)c(C(C)NC(=O)NCc2cnn(-c3ccccc3)c2)c1. The molecule has 0 spiro atoms. The second-order valence-corrected chi connectivity index (χ2v) is 6.29. The van der Waals surface area contributed by atoms with Gasteiger partial charge >= 0.3 is 6.03 Å². The zero-order chi connectivity index (χ0) is 19.9. The number of aromatic nitrogens is 2. The number of methoxy groups -OCH3 is 2. The standard InChI is InChI=1S/C21H24N4O3/c1-15(19-11-18(27-2)9-10-20(19)28-3)24-21(26)22-12-16-13-23-25(14-16)17-7-5-4-6-8-17/h4-11,13-15H,12H2,1-3H3,(H2,22,24,26). The average molecular weight is 380 g/mol. The highest BCUT2D eigenvalue weighted by Crippen LogP contribution is 2.29. The lowest BCUT2D eigenvalue weighted by Gasteiger charge is -2.18. The minimum atomic E-state index is -0.273. The van der Waals surface area contributed by atoms with Crippen LogP contribution in [0, 0.1) is 0 Å². The largest absolute Gasteiger partial charge is 0.497 e. The summed E-state index contributed by atoms with van der Waals surface area (Å²) in [6.07, 6.45) is 3.63. The molecule has 1 heterocycles. The molecule has 0 aliphatic rings. The van der Waals surface area contributed by atoms with E-state index in [9.17, 15) is 4.79 Å². The lowest BCUT2D eigenvalue weighted by molar-refractivity contribution is 0.237. The summed E-state index contributed by atoms with van der Waals surface area (Å²) in [4.78, 5) is 12.3. The Morgan fingerprint density at radius 3 is 2.64 bits per heavy atom. The third-order valence-electron chi connectivity index (χ3n) is 4.36. The molecule has 7 heteroatoms. The van der Waals surface area contributed by atoms with Crippen molar-refractivity contribution in [2.45, 2.75) is 19.5 Å². The number of benzene rings is 2. The average Bonchev–Trinajstić information content (AvgIpc) is 3.21. The second-order valence-electron chi connectivity index (χ2n) is 6.29. The molecule has 0 fully saturated rings. The molecule has 0 saturated heterocycles. The van der Waals surface area contributed by atoms with Gasteiger partial charge in [0.25, 0.3) is 0 Å². The summed E-state index contributed by atoms with van der Waals surface area (Å²) in [6.45, 7) is 2.27. The predicted octanol–water partition coefficient (Wildman–Crippen LogP) is 3.45. The monoisotopic (exact) mass is 380 g/mol. The van der Waals surface area contributed by atoms with Crippen molar-refractivity contribution in [3.8, 4) is 17.2 Å². The van der Waals surface area contributed by atoms with Crippen LogP contribution >= 0.6 is 0 Å². The lowest BCUT2D eigenvalue weighted by atomic mass is 10.1. The van der Waals surface area contributed by atoms with Crippen LogP contribution in [0.2, 0.25) is 0 Å². The summed E-state index contributed by atoms with van der Waals surface area (Å²) >= 11 is 0. The van der Waals surface area contributed by atoms with Crippen LogP contribution in [0.15, 0.2) is 60.9 Å². The van der Waals surface area contributed by atoms with Crippen LogP contribution in [0.1, 0.15) is 24.1 Å². The highest BCUT2D eigenvalue weighted by atomic mass is 16.5. The quantitative estimate of drug-likeness (QED) is 0.658. The number of urea groups is 1. The van der Waals surface area contributed by atoms with Crippen LogP contribution in [0.3, 0.4) is 0 Å². The van der Waals surface area contributed by atoms with Crippen LogP contribution in [-0.2, 0) is 6.54 Å².